The van der Waals surface area contributed by atoms with Gasteiger partial charge >= 0.3 is 0 Å². The molecule has 24 aromatic rings. The van der Waals surface area contributed by atoms with E-state index in [1.165, 1.54) is 234 Å². The first-order valence-electron chi connectivity index (χ1n) is 43.8. The molecular formula is C123H82N2S2. The first-order valence-corrected chi connectivity index (χ1v) is 45.4. The van der Waals surface area contributed by atoms with Gasteiger partial charge in [0.15, 0.2) is 0 Å². The van der Waals surface area contributed by atoms with E-state index >= 15 is 0 Å². The van der Waals surface area contributed by atoms with E-state index in [0.717, 1.165) is 5.69 Å². The summed E-state index contributed by atoms with van der Waals surface area (Å²) < 4.78 is 10.1. The van der Waals surface area contributed by atoms with Crippen molar-refractivity contribution in [3.05, 3.63) is 472 Å². The third-order valence-electron chi connectivity index (χ3n) is 26.4. The lowest BCUT2D eigenvalue weighted by Gasteiger charge is -2.22. The van der Waals surface area contributed by atoms with Crippen molar-refractivity contribution < 1.29 is 0 Å². The first-order chi connectivity index (χ1) is 62.7. The molecule has 4 heterocycles. The van der Waals surface area contributed by atoms with Crippen LogP contribution >= 0.6 is 22.7 Å². The Morgan fingerprint density at radius 3 is 0.882 bits per heavy atom. The van der Waals surface area contributed by atoms with E-state index in [2.05, 4.69) is 484 Å². The minimum Gasteiger partial charge on any atom is -0.309 e. The van der Waals surface area contributed by atoms with Crippen LogP contribution < -0.4 is 0 Å². The van der Waals surface area contributed by atoms with Crippen molar-refractivity contribution in [1.82, 2.24) is 9.13 Å². The van der Waals surface area contributed by atoms with Gasteiger partial charge in [-0.15, -0.1) is 22.7 Å². The van der Waals surface area contributed by atoms with Crippen molar-refractivity contribution in [2.75, 3.05) is 0 Å². The number of rotatable bonds is 13. The molecule has 0 N–H and O–H groups in total. The van der Waals surface area contributed by atoms with Gasteiger partial charge in [-0.3, -0.25) is 0 Å². The number of para-hydroxylation sites is 3. The molecule has 0 radical (unpaired) electrons. The fraction of sp³-hybridized carbons (Fsp3) is 0.0244. The highest BCUT2D eigenvalue weighted by Crippen LogP contribution is 2.53. The topological polar surface area (TPSA) is 9.86 Å². The van der Waals surface area contributed by atoms with Crippen LogP contribution in [0.1, 0.15) is 25.0 Å². The van der Waals surface area contributed by atoms with Crippen molar-refractivity contribution in [1.29, 1.82) is 0 Å². The zero-order valence-electron chi connectivity index (χ0n) is 70.1. The molecule has 4 heteroatoms. The van der Waals surface area contributed by atoms with Crippen molar-refractivity contribution in [3.63, 3.8) is 0 Å². The Hall–Kier alpha value is -15.6. The number of hydrogen-bond donors (Lipinski definition) is 0. The van der Waals surface area contributed by atoms with Gasteiger partial charge in [-0.2, -0.15) is 0 Å². The van der Waals surface area contributed by atoms with E-state index in [1.54, 1.807) is 0 Å². The molecule has 0 bridgehead atoms. The van der Waals surface area contributed by atoms with Gasteiger partial charge in [0, 0.05) is 78.7 Å². The van der Waals surface area contributed by atoms with Crippen LogP contribution in [0.4, 0.5) is 0 Å². The van der Waals surface area contributed by atoms with Crippen LogP contribution in [0.15, 0.2) is 461 Å². The summed E-state index contributed by atoms with van der Waals surface area (Å²) in [5.74, 6) is 0. The molecule has 0 aliphatic heterocycles. The molecule has 0 amide bonds. The summed E-state index contributed by atoms with van der Waals surface area (Å²) in [7, 11) is 0. The smallest absolute Gasteiger partial charge is 0.0541 e. The van der Waals surface area contributed by atoms with Crippen LogP contribution in [-0.4, -0.2) is 9.13 Å². The molecule has 596 valence electrons. The summed E-state index contributed by atoms with van der Waals surface area (Å²) in [4.78, 5) is 0. The Morgan fingerprint density at radius 2 is 0.417 bits per heavy atom. The van der Waals surface area contributed by atoms with E-state index in [-0.39, 0.29) is 5.41 Å². The van der Waals surface area contributed by atoms with Gasteiger partial charge in [0.25, 0.3) is 0 Å². The molecule has 127 heavy (non-hydrogen) atoms. The van der Waals surface area contributed by atoms with E-state index in [0.29, 0.717) is 0 Å². The van der Waals surface area contributed by atoms with Gasteiger partial charge in [0.2, 0.25) is 0 Å². The van der Waals surface area contributed by atoms with Crippen molar-refractivity contribution >= 4 is 107 Å². The lowest BCUT2D eigenvalue weighted by Crippen LogP contribution is -2.14. The minimum absolute atomic E-state index is 0.0735. The first kappa shape index (κ1) is 75.2. The Labute approximate surface area is 746 Å². The van der Waals surface area contributed by atoms with E-state index in [1.807, 2.05) is 22.7 Å². The maximum Gasteiger partial charge on any atom is 0.0541 e. The molecule has 0 atom stereocenters. The summed E-state index contributed by atoms with van der Waals surface area (Å²) >= 11 is 3.82. The minimum atomic E-state index is -0.0735. The van der Waals surface area contributed by atoms with Gasteiger partial charge < -0.3 is 9.13 Å². The molecule has 4 aromatic heterocycles. The number of fused-ring (bicyclic) bond motifs is 15. The van der Waals surface area contributed by atoms with E-state index in [4.69, 9.17) is 0 Å². The lowest BCUT2D eigenvalue weighted by atomic mass is 9.81. The molecule has 1 aliphatic rings. The Balaban J connectivity index is 0.000000146. The SMILES string of the molecule is CC1(C)c2ccccc2-c2ccc(-c3cccc(-c4cc(-c5ccc6c(c5)c5cc(-c7ccccc7)ccc5n6-c5ccccc5)cc(-c5cccc6c5sc5c(-c7ccccc7)cccc56)c4)c3)cc21.c1ccc(-c2ccc(-c3cc(-c4ccc5c(c4)c4ccccc4n5-c4ccccc4)cc(-c4cccc5c4sc4c(-c6ccccc6)cccc45)c3)cc2)cc1. The van der Waals surface area contributed by atoms with Crippen LogP contribution in [0.3, 0.4) is 0 Å². The molecule has 25 rings (SSSR count). The molecule has 0 unspecified atom stereocenters. The third kappa shape index (κ3) is 13.1. The molecule has 0 saturated heterocycles. The number of nitrogens with zero attached hydrogens (tertiary/aromatic N) is 2. The van der Waals surface area contributed by atoms with Crippen LogP contribution in [0.2, 0.25) is 0 Å². The van der Waals surface area contributed by atoms with Crippen LogP contribution in [-0.2, 0) is 5.41 Å². The quantitative estimate of drug-likeness (QED) is 0.109. The van der Waals surface area contributed by atoms with E-state index in [9.17, 15) is 0 Å². The number of benzene rings is 20. The zero-order chi connectivity index (χ0) is 84.2. The standard InChI is InChI=1S/C69H47NS.C54H35NS/c1-69(2)63-30-13-12-25-57(63)58-34-31-50(43-64(58)69)46-21-14-22-47(37-46)51-38-52(40-53(39-51)56-27-16-29-60-59-28-15-26-55(67(59)71-68(56)60)45-19-8-4-9-20-45)49-33-36-66-62(42-49)61-41-48(44-17-6-3-7-18-44)32-35-65(61)70(66)54-23-10-5-11-24-54;1-4-14-36(15-5-1)37-26-28-38(29-27-37)41-32-42(40-30-31-52-50(35-40)47-20-10-11-25-51(47)55(52)44-18-8-3-9-19-44)34-43(33-41)46-22-13-24-49-48-23-12-21-45(53(48)56-54(46)49)39-16-6-2-7-17-39/h3-43H,1-2H3;1-35H. The second-order valence-electron chi connectivity index (χ2n) is 34.1. The summed E-state index contributed by atoms with van der Waals surface area (Å²) in [6.45, 7) is 4.73. The molecule has 0 fully saturated rings. The summed E-state index contributed by atoms with van der Waals surface area (Å²) in [5.41, 5.74) is 39.4. The monoisotopic (exact) mass is 1650 g/mol. The summed E-state index contributed by atoms with van der Waals surface area (Å²) in [5, 5.41) is 10.2. The summed E-state index contributed by atoms with van der Waals surface area (Å²) in [6.07, 6.45) is 0. The average molecular weight is 1650 g/mol. The molecule has 0 saturated carbocycles. The molecular weight excluding hydrogens is 1570 g/mol. The molecule has 0 spiro atoms. The number of thiophene rings is 2. The molecule has 1 aliphatic carbocycles. The van der Waals surface area contributed by atoms with E-state index < -0.39 is 0 Å². The predicted molar refractivity (Wildman–Crippen MR) is 545 cm³/mol. The highest BCUT2D eigenvalue weighted by Gasteiger charge is 2.35. The largest absolute Gasteiger partial charge is 0.309 e. The van der Waals surface area contributed by atoms with Crippen LogP contribution in [0.25, 0.3) is 229 Å². The number of hydrogen-bond acceptors (Lipinski definition) is 2. The van der Waals surface area contributed by atoms with Crippen LogP contribution in [0.5, 0.6) is 0 Å². The molecule has 20 aromatic carbocycles. The van der Waals surface area contributed by atoms with Gasteiger partial charge in [-0.05, 0) is 260 Å². The van der Waals surface area contributed by atoms with Crippen molar-refractivity contribution in [3.8, 4) is 145 Å². The molecule has 2 nitrogen and oxygen atoms in total. The fourth-order valence-electron chi connectivity index (χ4n) is 20.1. The normalized spacial score (nSPS) is 12.2. The highest BCUT2D eigenvalue weighted by molar-refractivity contribution is 7.27. The Kier molecular flexibility index (Phi) is 18.4. The maximum absolute atomic E-state index is 2.44. The third-order valence-corrected chi connectivity index (χ3v) is 29.0. The Bertz CT molecular complexity index is 8420. The zero-order valence-corrected chi connectivity index (χ0v) is 71.7. The lowest BCUT2D eigenvalue weighted by molar-refractivity contribution is 0.660. The van der Waals surface area contributed by atoms with Gasteiger partial charge in [0.1, 0.15) is 0 Å². The van der Waals surface area contributed by atoms with Crippen LogP contribution in [0, 0.1) is 0 Å². The van der Waals surface area contributed by atoms with Crippen molar-refractivity contribution in [2.24, 2.45) is 0 Å². The fourth-order valence-corrected chi connectivity index (χ4v) is 22.9. The van der Waals surface area contributed by atoms with Crippen molar-refractivity contribution in [2.45, 2.75) is 19.3 Å². The van der Waals surface area contributed by atoms with Gasteiger partial charge in [-0.25, -0.2) is 0 Å². The highest BCUT2D eigenvalue weighted by atomic mass is 32.1. The second-order valence-corrected chi connectivity index (χ2v) is 36.2. The summed E-state index contributed by atoms with van der Waals surface area (Å²) in [6, 6.07) is 170. The second kappa shape index (κ2) is 31.0. The maximum atomic E-state index is 2.44. The average Bonchev–Trinajstić information content (AvgIpc) is 1.62. The van der Waals surface area contributed by atoms with Gasteiger partial charge in [0.05, 0.1) is 22.1 Å². The number of aromatic nitrogens is 2. The predicted octanol–water partition coefficient (Wildman–Crippen LogP) is 34.9. The van der Waals surface area contributed by atoms with Gasteiger partial charge in [-0.1, -0.05) is 360 Å². The Morgan fingerprint density at radius 1 is 0.157 bits per heavy atom.